The minimum Gasteiger partial charge on any atom is -0.342 e. The van der Waals surface area contributed by atoms with Crippen molar-refractivity contribution >= 4 is 5.91 Å². The molecule has 5 nitrogen and oxygen atoms in total. The molecule has 4 aliphatic rings. The number of rotatable bonds is 4. The molecule has 3 heterocycles. The zero-order valence-electron chi connectivity index (χ0n) is 18.8. The molecule has 6 heteroatoms. The number of hydrogen-bond donors (Lipinski definition) is 1. The van der Waals surface area contributed by atoms with E-state index in [4.69, 9.17) is 5.73 Å². The molecule has 3 aliphatic heterocycles. The van der Waals surface area contributed by atoms with Crippen LogP contribution in [-0.2, 0) is 4.79 Å². The summed E-state index contributed by atoms with van der Waals surface area (Å²) in [5.41, 5.74) is 6.61. The molecule has 0 bridgehead atoms. The van der Waals surface area contributed by atoms with Gasteiger partial charge in [0.05, 0.1) is 6.04 Å². The highest BCUT2D eigenvalue weighted by atomic mass is 19.1. The zero-order valence-corrected chi connectivity index (χ0v) is 18.8. The zero-order chi connectivity index (χ0) is 20.9. The lowest BCUT2D eigenvalue weighted by atomic mass is 9.89. The Morgan fingerprint density at radius 3 is 2.10 bits per heavy atom. The Labute approximate surface area is 182 Å². The van der Waals surface area contributed by atoms with Gasteiger partial charge in [-0.05, 0) is 51.1 Å². The van der Waals surface area contributed by atoms with Gasteiger partial charge in [-0.2, -0.15) is 0 Å². The minimum atomic E-state index is -0.849. The topological polar surface area (TPSA) is 52.8 Å². The number of carbonyl (C=O) groups excluding carboxylic acids is 1. The normalized spacial score (nSPS) is 34.7. The maximum absolute atomic E-state index is 15.4. The van der Waals surface area contributed by atoms with Gasteiger partial charge in [0.2, 0.25) is 5.91 Å². The van der Waals surface area contributed by atoms with Crippen LogP contribution < -0.4 is 5.73 Å². The molecule has 0 spiro atoms. The van der Waals surface area contributed by atoms with E-state index in [0.717, 1.165) is 58.4 Å². The molecule has 2 N–H and O–H groups in total. The van der Waals surface area contributed by atoms with Gasteiger partial charge < -0.3 is 10.6 Å². The standard InChI is InChI=1S/C24H43FN4O/c25-21-17-29(20-8-5-3-1-2-4-6-9-20)18-22(26)24(21)27-14-11-19(12-15-27)16-28-13-7-10-23(28)30/h19-22,24H,1-18,26H2. The van der Waals surface area contributed by atoms with E-state index < -0.39 is 6.17 Å². The second-order valence-electron chi connectivity index (χ2n) is 10.4. The van der Waals surface area contributed by atoms with Gasteiger partial charge in [-0.25, -0.2) is 4.39 Å². The molecule has 1 aliphatic carbocycles. The van der Waals surface area contributed by atoms with Crippen LogP contribution in [0, 0.1) is 5.92 Å². The molecule has 4 fully saturated rings. The van der Waals surface area contributed by atoms with Crippen LogP contribution in [0.4, 0.5) is 4.39 Å². The molecular formula is C24H43FN4O. The Balaban J connectivity index is 1.27. The van der Waals surface area contributed by atoms with Crippen LogP contribution in [0.1, 0.15) is 77.0 Å². The third-order valence-corrected chi connectivity index (χ3v) is 8.23. The molecule has 1 amide bonds. The summed E-state index contributed by atoms with van der Waals surface area (Å²) in [6.07, 6.45) is 13.4. The highest BCUT2D eigenvalue weighted by molar-refractivity contribution is 5.78. The van der Waals surface area contributed by atoms with E-state index >= 15 is 4.39 Å². The molecule has 3 saturated heterocycles. The fourth-order valence-corrected chi connectivity index (χ4v) is 6.47. The highest BCUT2D eigenvalue weighted by Gasteiger charge is 2.41. The van der Waals surface area contributed by atoms with Crippen molar-refractivity contribution in [2.45, 2.75) is 101 Å². The van der Waals surface area contributed by atoms with E-state index in [1.165, 1.54) is 51.4 Å². The number of alkyl halides is 1. The van der Waals surface area contributed by atoms with E-state index in [1.807, 2.05) is 4.90 Å². The summed E-state index contributed by atoms with van der Waals surface area (Å²) in [5, 5.41) is 0. The Bertz CT molecular complexity index is 531. The fraction of sp³-hybridized carbons (Fsp3) is 0.958. The number of nitrogens with zero attached hydrogens (tertiary/aromatic N) is 3. The van der Waals surface area contributed by atoms with Gasteiger partial charge in [0.25, 0.3) is 0 Å². The van der Waals surface area contributed by atoms with Crippen molar-refractivity contribution in [3.8, 4) is 0 Å². The molecule has 0 radical (unpaired) electrons. The molecule has 172 valence electrons. The van der Waals surface area contributed by atoms with Gasteiger partial charge in [-0.15, -0.1) is 0 Å². The maximum Gasteiger partial charge on any atom is 0.222 e. The van der Waals surface area contributed by atoms with Crippen molar-refractivity contribution in [3.63, 3.8) is 0 Å². The van der Waals surface area contributed by atoms with Crippen molar-refractivity contribution in [2.24, 2.45) is 11.7 Å². The summed E-state index contributed by atoms with van der Waals surface area (Å²) in [4.78, 5) is 18.7. The lowest BCUT2D eigenvalue weighted by Crippen LogP contribution is -2.65. The van der Waals surface area contributed by atoms with Gasteiger partial charge >= 0.3 is 0 Å². The molecule has 0 aromatic heterocycles. The van der Waals surface area contributed by atoms with Crippen molar-refractivity contribution in [2.75, 3.05) is 39.3 Å². The predicted octanol–water partition coefficient (Wildman–Crippen LogP) is 3.17. The molecule has 3 atom stereocenters. The number of carbonyl (C=O) groups is 1. The number of hydrogen-bond acceptors (Lipinski definition) is 4. The summed E-state index contributed by atoms with van der Waals surface area (Å²) < 4.78 is 15.4. The van der Waals surface area contributed by atoms with Gasteiger partial charge in [-0.1, -0.05) is 38.5 Å². The second-order valence-corrected chi connectivity index (χ2v) is 10.4. The number of likely N-dealkylation sites (tertiary alicyclic amines) is 3. The monoisotopic (exact) mass is 422 g/mol. The van der Waals surface area contributed by atoms with E-state index in [2.05, 4.69) is 9.80 Å². The van der Waals surface area contributed by atoms with Gasteiger partial charge in [0.15, 0.2) is 0 Å². The van der Waals surface area contributed by atoms with E-state index in [9.17, 15) is 4.79 Å². The van der Waals surface area contributed by atoms with Gasteiger partial charge in [0, 0.05) is 44.7 Å². The Hall–Kier alpha value is -0.720. The van der Waals surface area contributed by atoms with Crippen LogP contribution in [0.3, 0.4) is 0 Å². The first-order valence-electron chi connectivity index (χ1n) is 12.8. The summed E-state index contributed by atoms with van der Waals surface area (Å²) >= 11 is 0. The largest absolute Gasteiger partial charge is 0.342 e. The maximum atomic E-state index is 15.4. The van der Waals surface area contributed by atoms with Crippen molar-refractivity contribution < 1.29 is 9.18 Å². The summed E-state index contributed by atoms with van der Waals surface area (Å²) in [7, 11) is 0. The first-order chi connectivity index (χ1) is 14.6. The quantitative estimate of drug-likeness (QED) is 0.756. The SMILES string of the molecule is NC1CN(C2CCCCCCCC2)CC(F)C1N1CCC(CN2CCCC2=O)CC1. The van der Waals surface area contributed by atoms with Crippen LogP contribution in [0.15, 0.2) is 0 Å². The smallest absolute Gasteiger partial charge is 0.222 e. The number of amides is 1. The summed E-state index contributed by atoms with van der Waals surface area (Å²) in [5.74, 6) is 0.886. The number of piperidine rings is 2. The van der Waals surface area contributed by atoms with Gasteiger partial charge in [-0.3, -0.25) is 14.6 Å². The van der Waals surface area contributed by atoms with Crippen molar-refractivity contribution in [1.82, 2.24) is 14.7 Å². The lowest BCUT2D eigenvalue weighted by molar-refractivity contribution is -0.128. The third kappa shape index (κ3) is 5.55. The summed E-state index contributed by atoms with van der Waals surface area (Å²) in [6.45, 7) is 5.08. The number of nitrogens with two attached hydrogens (primary N) is 1. The molecule has 4 rings (SSSR count). The molecule has 3 unspecified atom stereocenters. The molecule has 0 aromatic rings. The van der Waals surface area contributed by atoms with Crippen LogP contribution in [0.5, 0.6) is 0 Å². The molecule has 0 aromatic carbocycles. The predicted molar refractivity (Wildman–Crippen MR) is 119 cm³/mol. The van der Waals surface area contributed by atoms with Crippen LogP contribution in [0.25, 0.3) is 0 Å². The first-order valence-corrected chi connectivity index (χ1v) is 12.8. The van der Waals surface area contributed by atoms with Crippen LogP contribution >= 0.6 is 0 Å². The number of halogens is 1. The van der Waals surface area contributed by atoms with E-state index in [0.29, 0.717) is 24.4 Å². The van der Waals surface area contributed by atoms with E-state index in [-0.39, 0.29) is 12.1 Å². The minimum absolute atomic E-state index is 0.0990. The van der Waals surface area contributed by atoms with Crippen molar-refractivity contribution in [1.29, 1.82) is 0 Å². The lowest BCUT2D eigenvalue weighted by Gasteiger charge is -2.48. The molecule has 30 heavy (non-hydrogen) atoms. The van der Waals surface area contributed by atoms with Crippen LogP contribution in [0.2, 0.25) is 0 Å². The molecule has 1 saturated carbocycles. The Kier molecular flexibility index (Phi) is 8.04. The highest BCUT2D eigenvalue weighted by Crippen LogP contribution is 2.29. The Morgan fingerprint density at radius 2 is 1.50 bits per heavy atom. The molecular weight excluding hydrogens is 379 g/mol. The fourth-order valence-electron chi connectivity index (χ4n) is 6.47. The average Bonchev–Trinajstić information content (AvgIpc) is 3.18. The van der Waals surface area contributed by atoms with Crippen LogP contribution in [-0.4, -0.2) is 84.2 Å². The van der Waals surface area contributed by atoms with Crippen molar-refractivity contribution in [3.05, 3.63) is 0 Å². The summed E-state index contributed by atoms with van der Waals surface area (Å²) in [6, 6.07) is 0.294. The van der Waals surface area contributed by atoms with Gasteiger partial charge in [0.1, 0.15) is 6.17 Å². The second kappa shape index (κ2) is 10.7. The van der Waals surface area contributed by atoms with E-state index in [1.54, 1.807) is 0 Å². The first kappa shape index (κ1) is 22.5. The Morgan fingerprint density at radius 1 is 0.833 bits per heavy atom. The third-order valence-electron chi connectivity index (χ3n) is 8.23. The average molecular weight is 423 g/mol.